The Morgan fingerprint density at radius 2 is 2.06 bits per heavy atom. The minimum Gasteiger partial charge on any atom is -0.508 e. The highest BCUT2D eigenvalue weighted by Crippen LogP contribution is 2.24. The zero-order chi connectivity index (χ0) is 12.1. The Kier molecular flexibility index (Phi) is 3.47. The molecule has 0 amide bonds. The molecule has 0 spiro atoms. The highest BCUT2D eigenvalue weighted by Gasteiger charge is 2.05. The molecule has 0 aliphatic rings. The lowest BCUT2D eigenvalue weighted by Gasteiger charge is -2.05. The van der Waals surface area contributed by atoms with Crippen LogP contribution in [0.2, 0.25) is 0 Å². The molecule has 0 saturated heterocycles. The summed E-state index contributed by atoms with van der Waals surface area (Å²) in [5, 5.41) is 28.7. The number of nitrogens with one attached hydrogen (secondary N) is 1. The van der Waals surface area contributed by atoms with Gasteiger partial charge in [0.15, 0.2) is 0 Å². The number of anilines is 1. The quantitative estimate of drug-likeness (QED) is 0.744. The molecule has 0 saturated carbocycles. The van der Waals surface area contributed by atoms with E-state index in [0.29, 0.717) is 5.56 Å². The molecule has 0 bridgehead atoms. The van der Waals surface area contributed by atoms with E-state index in [-0.39, 0.29) is 17.0 Å². The van der Waals surface area contributed by atoms with E-state index in [1.54, 1.807) is 19.1 Å². The third-order valence-corrected chi connectivity index (χ3v) is 1.90. The molecule has 0 atom stereocenters. The molecule has 80 valence electrons. The molecule has 0 heterocycles. The summed E-state index contributed by atoms with van der Waals surface area (Å²) >= 11 is 0. The van der Waals surface area contributed by atoms with E-state index in [0.717, 1.165) is 12.3 Å². The molecule has 0 aliphatic heterocycles. The van der Waals surface area contributed by atoms with E-state index in [9.17, 15) is 9.50 Å². The lowest BCUT2D eigenvalue weighted by molar-refractivity contribution is 0.469. The number of benzene rings is 1. The van der Waals surface area contributed by atoms with Gasteiger partial charge < -0.3 is 10.4 Å². The number of hydrogen-bond acceptors (Lipinski definition) is 4. The summed E-state index contributed by atoms with van der Waals surface area (Å²) in [5.41, 5.74) is 0.235. The summed E-state index contributed by atoms with van der Waals surface area (Å²) in [5.74, 6) is -0.630. The third kappa shape index (κ3) is 2.49. The summed E-state index contributed by atoms with van der Waals surface area (Å²) in [7, 11) is 0. The van der Waals surface area contributed by atoms with Gasteiger partial charge >= 0.3 is 0 Å². The Morgan fingerprint density at radius 3 is 2.62 bits per heavy atom. The summed E-state index contributed by atoms with van der Waals surface area (Å²) in [4.78, 5) is 0. The van der Waals surface area contributed by atoms with Gasteiger partial charge in [-0.1, -0.05) is 0 Å². The van der Waals surface area contributed by atoms with Crippen molar-refractivity contribution in [2.45, 2.75) is 6.92 Å². The lowest BCUT2D eigenvalue weighted by Crippen LogP contribution is -1.94. The van der Waals surface area contributed by atoms with Crippen molar-refractivity contribution >= 4 is 5.69 Å². The molecule has 0 aromatic heterocycles. The number of nitriles is 2. The fourth-order valence-electron chi connectivity index (χ4n) is 1.01. The van der Waals surface area contributed by atoms with Gasteiger partial charge in [-0.05, 0) is 18.6 Å². The summed E-state index contributed by atoms with van der Waals surface area (Å²) < 4.78 is 13.3. The van der Waals surface area contributed by atoms with Crippen LogP contribution in [0, 0.1) is 35.4 Å². The second-order valence-electron chi connectivity index (χ2n) is 3.04. The fourth-order valence-corrected chi connectivity index (χ4v) is 1.01. The number of aromatic hydroxyl groups is 1. The molecule has 0 aliphatic carbocycles. The molecule has 0 unspecified atom stereocenters. The van der Waals surface area contributed by atoms with E-state index in [1.165, 1.54) is 6.07 Å². The maximum Gasteiger partial charge on any atom is 0.147 e. The van der Waals surface area contributed by atoms with E-state index in [1.807, 2.05) is 0 Å². The minimum absolute atomic E-state index is 0.00565. The number of nitrogens with zero attached hydrogens (tertiary/aromatic N) is 2. The van der Waals surface area contributed by atoms with Crippen molar-refractivity contribution in [1.82, 2.24) is 0 Å². The van der Waals surface area contributed by atoms with E-state index >= 15 is 0 Å². The average molecular weight is 217 g/mol. The smallest absolute Gasteiger partial charge is 0.147 e. The molecule has 0 radical (unpaired) electrons. The van der Waals surface area contributed by atoms with Crippen LogP contribution in [0.5, 0.6) is 5.75 Å². The van der Waals surface area contributed by atoms with Crippen molar-refractivity contribution in [3.05, 3.63) is 35.3 Å². The minimum atomic E-state index is -0.568. The highest BCUT2D eigenvalue weighted by molar-refractivity contribution is 5.55. The number of phenolic OH excluding ortho intramolecular Hbond substituents is 1. The van der Waals surface area contributed by atoms with E-state index in [2.05, 4.69) is 5.32 Å². The largest absolute Gasteiger partial charge is 0.508 e. The molecule has 4 nitrogen and oxygen atoms in total. The van der Waals surface area contributed by atoms with Gasteiger partial charge in [0.25, 0.3) is 0 Å². The maximum atomic E-state index is 13.3. The first-order chi connectivity index (χ1) is 7.58. The standard InChI is InChI=1S/C11H8FN3O/c1-7-2-9(12)10(3-11(7)16)15-6-8(4-13)5-14/h2-3,6,15-16H,1H3. The topological polar surface area (TPSA) is 79.8 Å². The van der Waals surface area contributed by atoms with Gasteiger partial charge in [0.1, 0.15) is 29.3 Å². The predicted molar refractivity (Wildman–Crippen MR) is 55.7 cm³/mol. The van der Waals surface area contributed by atoms with Crippen LogP contribution in [0.25, 0.3) is 0 Å². The molecular weight excluding hydrogens is 209 g/mol. The molecule has 1 aromatic rings. The van der Waals surface area contributed by atoms with Crippen molar-refractivity contribution in [2.75, 3.05) is 5.32 Å². The van der Waals surface area contributed by atoms with Gasteiger partial charge in [-0.25, -0.2) is 4.39 Å². The van der Waals surface area contributed by atoms with Gasteiger partial charge in [-0.15, -0.1) is 0 Å². The molecular formula is C11H8FN3O. The summed E-state index contributed by atoms with van der Waals surface area (Å²) in [6.45, 7) is 1.56. The van der Waals surface area contributed by atoms with Crippen LogP contribution in [0.4, 0.5) is 10.1 Å². The molecule has 0 fully saturated rings. The Morgan fingerprint density at radius 1 is 1.44 bits per heavy atom. The Hall–Kier alpha value is -2.53. The lowest BCUT2D eigenvalue weighted by atomic mass is 10.2. The number of hydrogen-bond donors (Lipinski definition) is 2. The van der Waals surface area contributed by atoms with Crippen molar-refractivity contribution in [3.8, 4) is 17.9 Å². The normalized spacial score (nSPS) is 8.75. The van der Waals surface area contributed by atoms with Gasteiger partial charge in [0.05, 0.1) is 5.69 Å². The molecule has 2 N–H and O–H groups in total. The molecule has 1 rings (SSSR count). The third-order valence-electron chi connectivity index (χ3n) is 1.90. The van der Waals surface area contributed by atoms with Crippen molar-refractivity contribution < 1.29 is 9.50 Å². The average Bonchev–Trinajstić information content (AvgIpc) is 2.26. The van der Waals surface area contributed by atoms with Gasteiger partial charge in [-0.3, -0.25) is 0 Å². The fraction of sp³-hybridized carbons (Fsp3) is 0.0909. The van der Waals surface area contributed by atoms with Crippen LogP contribution < -0.4 is 5.32 Å². The van der Waals surface area contributed by atoms with Crippen molar-refractivity contribution in [3.63, 3.8) is 0 Å². The zero-order valence-electron chi connectivity index (χ0n) is 8.45. The number of rotatable bonds is 2. The molecule has 5 heteroatoms. The van der Waals surface area contributed by atoms with Crippen LogP contribution in [0.3, 0.4) is 0 Å². The monoisotopic (exact) mass is 217 g/mol. The SMILES string of the molecule is Cc1cc(F)c(NC=C(C#N)C#N)cc1O. The van der Waals surface area contributed by atoms with Crippen LogP contribution in [-0.2, 0) is 0 Å². The maximum absolute atomic E-state index is 13.3. The van der Waals surface area contributed by atoms with Gasteiger partial charge in [-0.2, -0.15) is 10.5 Å². The second kappa shape index (κ2) is 4.81. The van der Waals surface area contributed by atoms with Crippen LogP contribution in [-0.4, -0.2) is 5.11 Å². The summed E-state index contributed by atoms with van der Waals surface area (Å²) in [6, 6.07) is 5.58. The van der Waals surface area contributed by atoms with E-state index in [4.69, 9.17) is 10.5 Å². The number of phenols is 1. The Labute approximate surface area is 91.9 Å². The first kappa shape index (κ1) is 11.5. The highest BCUT2D eigenvalue weighted by atomic mass is 19.1. The number of aryl methyl sites for hydroxylation is 1. The van der Waals surface area contributed by atoms with Crippen LogP contribution >= 0.6 is 0 Å². The first-order valence-corrected chi connectivity index (χ1v) is 4.34. The molecule has 1 aromatic carbocycles. The van der Waals surface area contributed by atoms with Crippen molar-refractivity contribution in [2.24, 2.45) is 0 Å². The Bertz CT molecular complexity index is 507. The van der Waals surface area contributed by atoms with E-state index < -0.39 is 5.82 Å². The number of allylic oxidation sites excluding steroid dienone is 1. The first-order valence-electron chi connectivity index (χ1n) is 4.34. The second-order valence-corrected chi connectivity index (χ2v) is 3.04. The van der Waals surface area contributed by atoms with Crippen LogP contribution in [0.15, 0.2) is 23.9 Å². The predicted octanol–water partition coefficient (Wildman–Crippen LogP) is 2.18. The van der Waals surface area contributed by atoms with Gasteiger partial charge in [0, 0.05) is 12.3 Å². The van der Waals surface area contributed by atoms with Gasteiger partial charge in [0.2, 0.25) is 0 Å². The Balaban J connectivity index is 3.01. The molecule has 16 heavy (non-hydrogen) atoms. The summed E-state index contributed by atoms with van der Waals surface area (Å²) in [6.07, 6.45) is 1.08. The van der Waals surface area contributed by atoms with Crippen molar-refractivity contribution in [1.29, 1.82) is 10.5 Å². The van der Waals surface area contributed by atoms with Crippen LogP contribution in [0.1, 0.15) is 5.56 Å². The number of halogens is 1. The zero-order valence-corrected chi connectivity index (χ0v) is 8.45.